The fourth-order valence-corrected chi connectivity index (χ4v) is 3.24. The van der Waals surface area contributed by atoms with Crippen LogP contribution in [0.15, 0.2) is 24.3 Å². The molecule has 0 amide bonds. The summed E-state index contributed by atoms with van der Waals surface area (Å²) in [5.41, 5.74) is 0. The molecule has 0 aliphatic heterocycles. The quantitative estimate of drug-likeness (QED) is 0.800. The zero-order valence-electron chi connectivity index (χ0n) is 5.97. The van der Waals surface area contributed by atoms with Crippen molar-refractivity contribution in [2.45, 2.75) is 0 Å². The Labute approximate surface area is 81.0 Å². The van der Waals surface area contributed by atoms with Crippen LogP contribution >= 0.6 is 17.0 Å². The summed E-state index contributed by atoms with van der Waals surface area (Å²) in [6, 6.07) is 7.60. The van der Waals surface area contributed by atoms with Crippen molar-refractivity contribution in [2.75, 3.05) is 7.11 Å². The maximum absolute atomic E-state index is 5.82. The molecule has 1 nitrogen and oxygen atoms in total. The number of hydrogen-bond donors (Lipinski definition) is 0. The van der Waals surface area contributed by atoms with Crippen LogP contribution in [-0.2, 0) is 19.4 Å². The molecule has 0 saturated carbocycles. The molecule has 0 aliphatic carbocycles. The van der Waals surface area contributed by atoms with Gasteiger partial charge in [-0.25, -0.2) is 0 Å². The fourth-order valence-electron chi connectivity index (χ4n) is 0.717. The van der Waals surface area contributed by atoms with E-state index in [2.05, 4.69) is 0 Å². The first-order valence-electron chi connectivity index (χ1n) is 3.06. The van der Waals surface area contributed by atoms with Crippen LogP contribution < -0.4 is 8.01 Å². The summed E-state index contributed by atoms with van der Waals surface area (Å²) in [5, 5.41) is 0. The summed E-state index contributed by atoms with van der Waals surface area (Å²) in [6.07, 6.45) is 0. The van der Waals surface area contributed by atoms with E-state index in [1.807, 2.05) is 24.3 Å². The third-order valence-corrected chi connectivity index (χ3v) is 5.78. The third kappa shape index (κ3) is 2.78. The minimum absolute atomic E-state index is 0.840. The van der Waals surface area contributed by atoms with Crippen LogP contribution in [0.2, 0.25) is 0 Å². The molecule has 59 valence electrons. The standard InChI is InChI=1S/C7H7O.2ClH.Zr/c1-8-7-5-3-2-4-6-7;;;/h3-6H,1H3;2*1H;/q;;;+2/p-2. The molecule has 0 fully saturated rings. The van der Waals surface area contributed by atoms with Crippen LogP contribution in [0, 0.1) is 0 Å². The van der Waals surface area contributed by atoms with E-state index in [9.17, 15) is 0 Å². The maximum atomic E-state index is 5.82. The minimum atomic E-state index is -2.18. The zero-order chi connectivity index (χ0) is 8.27. The summed E-state index contributed by atoms with van der Waals surface area (Å²) < 4.78 is 6.06. The number of rotatable bonds is 2. The summed E-state index contributed by atoms with van der Waals surface area (Å²) in [5.74, 6) is 0.840. The molecule has 0 heterocycles. The van der Waals surface area contributed by atoms with Gasteiger partial charge >= 0.3 is 81.5 Å². The number of hydrogen-bond acceptors (Lipinski definition) is 1. The molecule has 1 aromatic carbocycles. The van der Waals surface area contributed by atoms with Crippen LogP contribution in [0.25, 0.3) is 0 Å². The van der Waals surface area contributed by atoms with Crippen LogP contribution in [0.3, 0.4) is 0 Å². The molecule has 0 aliphatic rings. The van der Waals surface area contributed by atoms with E-state index in [1.54, 1.807) is 7.11 Å². The van der Waals surface area contributed by atoms with Crippen molar-refractivity contribution in [1.82, 2.24) is 0 Å². The van der Waals surface area contributed by atoms with Gasteiger partial charge in [-0.2, -0.15) is 0 Å². The van der Waals surface area contributed by atoms with Crippen molar-refractivity contribution in [3.8, 4) is 5.75 Å². The molecule has 0 spiro atoms. The summed E-state index contributed by atoms with van der Waals surface area (Å²) in [4.78, 5) is 0. The molecule has 0 radical (unpaired) electrons. The van der Waals surface area contributed by atoms with Crippen molar-refractivity contribution in [3.63, 3.8) is 0 Å². The summed E-state index contributed by atoms with van der Waals surface area (Å²) >= 11 is -2.18. The average molecular weight is 269 g/mol. The number of methoxy groups -OCH3 is 1. The Hall–Kier alpha value is 0.483. The van der Waals surface area contributed by atoms with Gasteiger partial charge in [0, 0.05) is 0 Å². The first kappa shape index (κ1) is 9.57. The van der Waals surface area contributed by atoms with E-state index in [0.29, 0.717) is 0 Å². The normalized spacial score (nSPS) is 9.36. The predicted octanol–water partition coefficient (Wildman–Crippen LogP) is 2.25. The van der Waals surface area contributed by atoms with Crippen molar-refractivity contribution < 1.29 is 24.1 Å². The number of halogens is 2. The molecule has 0 N–H and O–H groups in total. The van der Waals surface area contributed by atoms with E-state index in [-0.39, 0.29) is 0 Å². The van der Waals surface area contributed by atoms with E-state index in [4.69, 9.17) is 21.8 Å². The zero-order valence-corrected chi connectivity index (χ0v) is 9.94. The second kappa shape index (κ2) is 4.49. The molecule has 11 heavy (non-hydrogen) atoms. The van der Waals surface area contributed by atoms with Gasteiger partial charge in [0.1, 0.15) is 0 Å². The second-order valence-corrected chi connectivity index (χ2v) is 10.3. The van der Waals surface area contributed by atoms with Gasteiger partial charge in [-0.15, -0.1) is 0 Å². The molecular formula is C7H7Cl2OZr. The van der Waals surface area contributed by atoms with Gasteiger partial charge in [-0.1, -0.05) is 0 Å². The molecule has 0 bridgehead atoms. The second-order valence-electron chi connectivity index (χ2n) is 1.99. The first-order valence-corrected chi connectivity index (χ1v) is 10.6. The molecule has 0 unspecified atom stereocenters. The molecule has 4 heteroatoms. The Bertz CT molecular complexity index is 222. The van der Waals surface area contributed by atoms with Gasteiger partial charge in [-0.05, 0) is 0 Å². The van der Waals surface area contributed by atoms with Crippen LogP contribution in [-0.4, -0.2) is 7.11 Å². The van der Waals surface area contributed by atoms with Crippen LogP contribution in [0.5, 0.6) is 5.75 Å². The Balaban J connectivity index is 2.83. The van der Waals surface area contributed by atoms with Crippen LogP contribution in [0.4, 0.5) is 0 Å². The van der Waals surface area contributed by atoms with Gasteiger partial charge in [0.05, 0.1) is 0 Å². The van der Waals surface area contributed by atoms with E-state index in [0.717, 1.165) is 9.02 Å². The average Bonchev–Trinajstić information content (AvgIpc) is 2.05. The molecular weight excluding hydrogens is 262 g/mol. The summed E-state index contributed by atoms with van der Waals surface area (Å²) in [7, 11) is 13.3. The van der Waals surface area contributed by atoms with Gasteiger partial charge in [0.2, 0.25) is 0 Å². The number of benzene rings is 1. The Morgan fingerprint density at radius 3 is 2.09 bits per heavy atom. The van der Waals surface area contributed by atoms with Gasteiger partial charge in [-0.3, -0.25) is 0 Å². The van der Waals surface area contributed by atoms with Crippen molar-refractivity contribution in [2.24, 2.45) is 0 Å². The monoisotopic (exact) mass is 267 g/mol. The Morgan fingerprint density at radius 2 is 1.73 bits per heavy atom. The Kier molecular flexibility index (Phi) is 3.91. The van der Waals surface area contributed by atoms with Gasteiger partial charge in [0.15, 0.2) is 0 Å². The van der Waals surface area contributed by atoms with E-state index < -0.39 is 19.4 Å². The number of ether oxygens (including phenoxy) is 1. The topological polar surface area (TPSA) is 9.23 Å². The molecule has 1 rings (SSSR count). The van der Waals surface area contributed by atoms with E-state index >= 15 is 0 Å². The van der Waals surface area contributed by atoms with Gasteiger partial charge < -0.3 is 0 Å². The Morgan fingerprint density at radius 1 is 1.18 bits per heavy atom. The molecule has 1 aromatic rings. The van der Waals surface area contributed by atoms with Gasteiger partial charge in [0.25, 0.3) is 0 Å². The molecule has 0 atom stereocenters. The summed E-state index contributed by atoms with van der Waals surface area (Å²) in [6.45, 7) is 0. The van der Waals surface area contributed by atoms with Crippen molar-refractivity contribution >= 4 is 20.3 Å². The SMILES string of the molecule is COc1cc[c]([Zr]([Cl])[Cl])cc1. The van der Waals surface area contributed by atoms with Crippen molar-refractivity contribution in [3.05, 3.63) is 24.3 Å². The fraction of sp³-hybridized carbons (Fsp3) is 0.143. The third-order valence-electron chi connectivity index (χ3n) is 1.31. The molecule has 0 aromatic heterocycles. The van der Waals surface area contributed by atoms with E-state index in [1.165, 1.54) is 0 Å². The van der Waals surface area contributed by atoms with Crippen molar-refractivity contribution in [1.29, 1.82) is 0 Å². The molecule has 0 saturated heterocycles. The van der Waals surface area contributed by atoms with Crippen LogP contribution in [0.1, 0.15) is 0 Å². The first-order chi connectivity index (χ1) is 5.24. The predicted molar refractivity (Wildman–Crippen MR) is 44.3 cm³/mol.